The Morgan fingerprint density at radius 1 is 1.60 bits per heavy atom. The van der Waals surface area contributed by atoms with Gasteiger partial charge in [0.2, 0.25) is 0 Å². The van der Waals surface area contributed by atoms with Gasteiger partial charge in [0.15, 0.2) is 0 Å². The third kappa shape index (κ3) is 4.05. The topological polar surface area (TPSA) is 40.5 Å². The molecule has 0 aromatic rings. The van der Waals surface area contributed by atoms with Crippen molar-refractivity contribution < 1.29 is 10.0 Å². The fraction of sp³-hybridized carbons (Fsp3) is 1.00. The molecular weight excluding hydrogens is 65.6 g/mol. The predicted molar refractivity (Wildman–Crippen MR) is 20.8 cm³/mol. The van der Waals surface area contributed by atoms with Gasteiger partial charge in [0.25, 0.3) is 0 Å². The molecule has 0 spiro atoms. The van der Waals surface area contributed by atoms with Crippen molar-refractivity contribution in [2.24, 2.45) is 0 Å². The molecule has 0 aromatic carbocycles. The zero-order chi connectivity index (χ0) is 4.28. The quantitative estimate of drug-likeness (QED) is 0.372. The van der Waals surface area contributed by atoms with Crippen LogP contribution in [0.2, 0.25) is 6.22 Å². The molecule has 0 aliphatic carbocycles. The lowest BCUT2D eigenvalue weighted by Gasteiger charge is -1.81. The Labute approximate surface area is 32.4 Å². The zero-order valence-electron chi connectivity index (χ0n) is 2.76. The molecule has 0 amide bonds. The number of hydrogen-bond donors (Lipinski definition) is 2. The monoisotopic (exact) mass is 70.0 g/mol. The summed E-state index contributed by atoms with van der Waals surface area (Å²) in [6.45, 7) is 0. The van der Waals surface area contributed by atoms with Gasteiger partial charge in [-0.05, 0) is 0 Å². The summed E-state index contributed by atoms with van der Waals surface area (Å²) in [4.78, 5) is 0. The number of rotatable bonds is 1. The zero-order valence-corrected chi connectivity index (χ0v) is 2.76. The third-order valence-electron chi connectivity index (χ3n) is 0.211. The SMILES string of the molecule is [B]CB(O)O. The fourth-order valence-corrected chi connectivity index (χ4v) is 0. The molecule has 0 unspecified atom stereocenters. The standard InChI is InChI=1S/CH4B2O2/c2-1-3(4)5/h4-5H,1H2. The minimum Gasteiger partial charge on any atom is -0.428 e. The summed E-state index contributed by atoms with van der Waals surface area (Å²) in [6.07, 6.45) is -0.0833. The molecule has 0 rings (SSSR count). The molecule has 0 fully saturated rings. The molecule has 2 nitrogen and oxygen atoms in total. The summed E-state index contributed by atoms with van der Waals surface area (Å²) in [5.74, 6) is 0. The Balaban J connectivity index is 2.54. The first-order valence-corrected chi connectivity index (χ1v) is 1.33. The van der Waals surface area contributed by atoms with Crippen molar-refractivity contribution in [1.82, 2.24) is 0 Å². The van der Waals surface area contributed by atoms with Crippen molar-refractivity contribution in [1.29, 1.82) is 0 Å². The van der Waals surface area contributed by atoms with Crippen LogP contribution in [0, 0.1) is 0 Å². The highest BCUT2D eigenvalue weighted by molar-refractivity contribution is 6.51. The van der Waals surface area contributed by atoms with Crippen LogP contribution in [0.3, 0.4) is 0 Å². The molecule has 0 aliphatic heterocycles. The normalized spacial score (nSPS) is 7.60. The molecule has 4 heteroatoms. The average Bonchev–Trinajstić information content (AvgIpc) is 1.38. The first-order chi connectivity index (χ1) is 2.27. The van der Waals surface area contributed by atoms with E-state index in [2.05, 4.69) is 7.85 Å². The van der Waals surface area contributed by atoms with Crippen molar-refractivity contribution >= 4 is 15.0 Å². The van der Waals surface area contributed by atoms with E-state index in [-0.39, 0.29) is 6.22 Å². The van der Waals surface area contributed by atoms with Gasteiger partial charge in [-0.3, -0.25) is 0 Å². The predicted octanol–water partition coefficient (Wildman–Crippen LogP) is -1.41. The largest absolute Gasteiger partial charge is 0.442 e. The first-order valence-electron chi connectivity index (χ1n) is 1.33. The van der Waals surface area contributed by atoms with E-state index in [1.165, 1.54) is 0 Å². The fourth-order valence-electron chi connectivity index (χ4n) is 0. The van der Waals surface area contributed by atoms with Crippen LogP contribution in [0.15, 0.2) is 0 Å². The maximum absolute atomic E-state index is 7.79. The molecule has 0 atom stereocenters. The molecule has 26 valence electrons. The molecule has 0 heterocycles. The van der Waals surface area contributed by atoms with Crippen LogP contribution >= 0.6 is 0 Å². The Bertz CT molecular complexity index is 21.6. The Kier molecular flexibility index (Phi) is 2.32. The van der Waals surface area contributed by atoms with Crippen LogP contribution in [-0.4, -0.2) is 25.0 Å². The van der Waals surface area contributed by atoms with Gasteiger partial charge >= 0.3 is 7.12 Å². The lowest BCUT2D eigenvalue weighted by atomic mass is 9.74. The molecule has 2 N–H and O–H groups in total. The molecule has 5 heavy (non-hydrogen) atoms. The van der Waals surface area contributed by atoms with Gasteiger partial charge in [0, 0.05) is 0 Å². The van der Waals surface area contributed by atoms with E-state index < -0.39 is 7.12 Å². The van der Waals surface area contributed by atoms with Gasteiger partial charge in [0.05, 0.1) is 7.85 Å². The van der Waals surface area contributed by atoms with Crippen LogP contribution in [0.25, 0.3) is 0 Å². The summed E-state index contributed by atoms with van der Waals surface area (Å²) >= 11 is 0. The minimum absolute atomic E-state index is 0.0833. The van der Waals surface area contributed by atoms with Gasteiger partial charge in [0.1, 0.15) is 0 Å². The Morgan fingerprint density at radius 3 is 1.80 bits per heavy atom. The highest BCUT2D eigenvalue weighted by Crippen LogP contribution is 1.67. The van der Waals surface area contributed by atoms with Gasteiger partial charge in [-0.1, -0.05) is 6.22 Å². The second-order valence-electron chi connectivity index (χ2n) is 0.716. The second kappa shape index (κ2) is 2.30. The van der Waals surface area contributed by atoms with Crippen LogP contribution < -0.4 is 0 Å². The summed E-state index contributed by atoms with van der Waals surface area (Å²) in [6, 6.07) is 0. The average molecular weight is 69.7 g/mol. The van der Waals surface area contributed by atoms with Gasteiger partial charge < -0.3 is 10.0 Å². The maximum atomic E-state index is 7.79. The maximum Gasteiger partial charge on any atom is 0.442 e. The summed E-state index contributed by atoms with van der Waals surface area (Å²) < 4.78 is 0. The Morgan fingerprint density at radius 2 is 1.80 bits per heavy atom. The van der Waals surface area contributed by atoms with Crippen molar-refractivity contribution in [3.63, 3.8) is 0 Å². The molecule has 0 saturated carbocycles. The summed E-state index contributed by atoms with van der Waals surface area (Å²) in [5, 5.41) is 15.6. The van der Waals surface area contributed by atoms with Gasteiger partial charge in [-0.25, -0.2) is 0 Å². The summed E-state index contributed by atoms with van der Waals surface area (Å²) in [5.41, 5.74) is 0. The first kappa shape index (κ1) is 5.05. The van der Waals surface area contributed by atoms with E-state index in [4.69, 9.17) is 10.0 Å². The van der Waals surface area contributed by atoms with E-state index >= 15 is 0 Å². The highest BCUT2D eigenvalue weighted by Gasteiger charge is 1.96. The van der Waals surface area contributed by atoms with E-state index in [1.807, 2.05) is 0 Å². The second-order valence-corrected chi connectivity index (χ2v) is 0.716. The molecular formula is CH4B2O2. The van der Waals surface area contributed by atoms with E-state index in [9.17, 15) is 0 Å². The van der Waals surface area contributed by atoms with Crippen LogP contribution in [0.5, 0.6) is 0 Å². The molecule has 0 saturated heterocycles. The van der Waals surface area contributed by atoms with E-state index in [0.717, 1.165) is 0 Å². The molecule has 0 aromatic heterocycles. The Hall–Kier alpha value is 0.0499. The van der Waals surface area contributed by atoms with Crippen molar-refractivity contribution in [3.8, 4) is 0 Å². The highest BCUT2D eigenvalue weighted by atomic mass is 16.4. The van der Waals surface area contributed by atoms with Crippen LogP contribution in [0.1, 0.15) is 0 Å². The summed E-state index contributed by atoms with van der Waals surface area (Å²) in [7, 11) is 3.33. The lowest BCUT2D eigenvalue weighted by molar-refractivity contribution is 0.414. The smallest absolute Gasteiger partial charge is 0.428 e. The van der Waals surface area contributed by atoms with Gasteiger partial charge in [-0.2, -0.15) is 0 Å². The van der Waals surface area contributed by atoms with Gasteiger partial charge in [-0.15, -0.1) is 0 Å². The third-order valence-corrected chi connectivity index (χ3v) is 0.211. The molecule has 0 bridgehead atoms. The van der Waals surface area contributed by atoms with E-state index in [0.29, 0.717) is 0 Å². The minimum atomic E-state index is -1.34. The number of hydrogen-bond acceptors (Lipinski definition) is 2. The van der Waals surface area contributed by atoms with Crippen molar-refractivity contribution in [2.75, 3.05) is 0 Å². The van der Waals surface area contributed by atoms with Crippen molar-refractivity contribution in [3.05, 3.63) is 0 Å². The molecule has 0 aliphatic rings. The lowest BCUT2D eigenvalue weighted by Crippen LogP contribution is -2.08. The molecule has 2 radical (unpaired) electrons. The van der Waals surface area contributed by atoms with Crippen LogP contribution in [0.4, 0.5) is 0 Å². The van der Waals surface area contributed by atoms with Crippen molar-refractivity contribution in [2.45, 2.75) is 6.22 Å². The van der Waals surface area contributed by atoms with E-state index in [1.54, 1.807) is 0 Å². The van der Waals surface area contributed by atoms with Crippen LogP contribution in [-0.2, 0) is 0 Å².